The van der Waals surface area contributed by atoms with E-state index in [1.807, 2.05) is 11.3 Å². The third kappa shape index (κ3) is 3.79. The first kappa shape index (κ1) is 15.0. The minimum Gasteiger partial charge on any atom is -0.305 e. The summed E-state index contributed by atoms with van der Waals surface area (Å²) in [4.78, 5) is 4.94. The van der Waals surface area contributed by atoms with E-state index in [0.717, 1.165) is 6.04 Å². The molecule has 19 heavy (non-hydrogen) atoms. The monoisotopic (exact) mass is 280 g/mol. The fourth-order valence-corrected chi connectivity index (χ4v) is 3.64. The molecule has 1 fully saturated rings. The quantitative estimate of drug-likeness (QED) is 0.819. The lowest BCUT2D eigenvalue weighted by Crippen LogP contribution is -2.29. The van der Waals surface area contributed by atoms with E-state index >= 15 is 0 Å². The average Bonchev–Trinajstić information content (AvgIpc) is 3.02. The number of aromatic nitrogens is 1. The summed E-state index contributed by atoms with van der Waals surface area (Å²) in [7, 11) is 0. The zero-order chi connectivity index (χ0) is 14.0. The molecule has 0 radical (unpaired) electrons. The van der Waals surface area contributed by atoms with Gasteiger partial charge in [-0.3, -0.25) is 0 Å². The van der Waals surface area contributed by atoms with Crippen molar-refractivity contribution in [2.24, 2.45) is 5.92 Å². The van der Waals surface area contributed by atoms with Gasteiger partial charge < -0.3 is 5.32 Å². The molecule has 1 saturated carbocycles. The normalized spacial score (nSPS) is 18.0. The molecule has 1 heterocycles. The maximum absolute atomic E-state index is 4.94. The Morgan fingerprint density at radius 3 is 2.37 bits per heavy atom. The van der Waals surface area contributed by atoms with Gasteiger partial charge in [0, 0.05) is 16.8 Å². The van der Waals surface area contributed by atoms with Crippen molar-refractivity contribution in [3.63, 3.8) is 0 Å². The van der Waals surface area contributed by atoms with Gasteiger partial charge in [0.2, 0.25) is 0 Å². The highest BCUT2D eigenvalue weighted by atomic mass is 32.1. The van der Waals surface area contributed by atoms with E-state index in [9.17, 15) is 0 Å². The lowest BCUT2D eigenvalue weighted by atomic mass is 9.92. The first-order valence-electron chi connectivity index (χ1n) is 7.67. The van der Waals surface area contributed by atoms with Crippen LogP contribution in [-0.4, -0.2) is 11.0 Å². The van der Waals surface area contributed by atoms with Crippen molar-refractivity contribution in [2.45, 2.75) is 77.8 Å². The van der Waals surface area contributed by atoms with Crippen molar-refractivity contribution in [2.75, 3.05) is 0 Å². The molecule has 0 spiro atoms. The predicted octanol–water partition coefficient (Wildman–Crippen LogP) is 4.67. The standard InChI is InChI=1S/C16H28N2S/c1-6-11(7-2)14(17-12-8-9-12)15-18-13(10-19-15)16(3,4)5/h10-12,14,17H,6-9H2,1-5H3. The Kier molecular flexibility index (Phi) is 4.67. The third-order valence-corrected chi connectivity index (χ3v) is 5.00. The fraction of sp³-hybridized carbons (Fsp3) is 0.812. The number of rotatable bonds is 6. The van der Waals surface area contributed by atoms with Crippen LogP contribution in [0, 0.1) is 5.92 Å². The molecule has 1 aromatic rings. The van der Waals surface area contributed by atoms with Crippen molar-refractivity contribution >= 4 is 11.3 Å². The molecule has 0 bridgehead atoms. The molecule has 0 aliphatic heterocycles. The van der Waals surface area contributed by atoms with Gasteiger partial charge in [-0.05, 0) is 18.8 Å². The molecule has 108 valence electrons. The van der Waals surface area contributed by atoms with E-state index in [1.54, 1.807) is 0 Å². The molecule has 3 heteroatoms. The van der Waals surface area contributed by atoms with Crippen LogP contribution in [0.1, 0.15) is 77.0 Å². The zero-order valence-electron chi connectivity index (χ0n) is 13.0. The van der Waals surface area contributed by atoms with Gasteiger partial charge in [0.25, 0.3) is 0 Å². The van der Waals surface area contributed by atoms with E-state index in [1.165, 1.54) is 36.4 Å². The second kappa shape index (κ2) is 5.92. The van der Waals surface area contributed by atoms with Crippen LogP contribution in [0.5, 0.6) is 0 Å². The summed E-state index contributed by atoms with van der Waals surface area (Å²) in [6.07, 6.45) is 5.14. The topological polar surface area (TPSA) is 24.9 Å². The predicted molar refractivity (Wildman–Crippen MR) is 83.8 cm³/mol. The Morgan fingerprint density at radius 2 is 1.95 bits per heavy atom. The lowest BCUT2D eigenvalue weighted by Gasteiger charge is -2.25. The van der Waals surface area contributed by atoms with Crippen molar-refractivity contribution in [3.8, 4) is 0 Å². The third-order valence-electron chi connectivity index (χ3n) is 4.07. The summed E-state index contributed by atoms with van der Waals surface area (Å²) in [5.74, 6) is 0.708. The van der Waals surface area contributed by atoms with Crippen molar-refractivity contribution in [1.29, 1.82) is 0 Å². The molecule has 0 amide bonds. The van der Waals surface area contributed by atoms with Gasteiger partial charge in [-0.25, -0.2) is 4.98 Å². The van der Waals surface area contributed by atoms with Crippen molar-refractivity contribution in [1.82, 2.24) is 10.3 Å². The average molecular weight is 280 g/mol. The maximum atomic E-state index is 4.94. The van der Waals surface area contributed by atoms with E-state index in [0.29, 0.717) is 12.0 Å². The molecular weight excluding hydrogens is 252 g/mol. The summed E-state index contributed by atoms with van der Waals surface area (Å²) in [6, 6.07) is 1.20. The van der Waals surface area contributed by atoms with E-state index in [4.69, 9.17) is 4.98 Å². The highest BCUT2D eigenvalue weighted by molar-refractivity contribution is 7.09. The van der Waals surface area contributed by atoms with Gasteiger partial charge in [-0.1, -0.05) is 47.5 Å². The van der Waals surface area contributed by atoms with Crippen molar-refractivity contribution in [3.05, 3.63) is 16.1 Å². The van der Waals surface area contributed by atoms with Gasteiger partial charge >= 0.3 is 0 Å². The Bertz CT molecular complexity index is 397. The van der Waals surface area contributed by atoms with Crippen LogP contribution in [0.25, 0.3) is 0 Å². The largest absolute Gasteiger partial charge is 0.305 e. The number of nitrogens with one attached hydrogen (secondary N) is 1. The molecule has 2 rings (SSSR count). The lowest BCUT2D eigenvalue weighted by molar-refractivity contribution is 0.336. The molecular formula is C16H28N2S. The van der Waals surface area contributed by atoms with E-state index < -0.39 is 0 Å². The Morgan fingerprint density at radius 1 is 1.32 bits per heavy atom. The molecule has 1 atom stereocenters. The fourth-order valence-electron chi connectivity index (χ4n) is 2.45. The van der Waals surface area contributed by atoms with Gasteiger partial charge in [-0.2, -0.15) is 0 Å². The molecule has 1 aliphatic rings. The minimum absolute atomic E-state index is 0.160. The van der Waals surface area contributed by atoms with Crippen LogP contribution >= 0.6 is 11.3 Å². The van der Waals surface area contributed by atoms with Gasteiger partial charge in [0.1, 0.15) is 5.01 Å². The van der Waals surface area contributed by atoms with Crippen LogP contribution < -0.4 is 5.32 Å². The van der Waals surface area contributed by atoms with Crippen LogP contribution in [0.4, 0.5) is 0 Å². The summed E-state index contributed by atoms with van der Waals surface area (Å²) in [5, 5.41) is 7.37. The van der Waals surface area contributed by atoms with Crippen LogP contribution in [0.15, 0.2) is 5.38 Å². The van der Waals surface area contributed by atoms with Gasteiger partial charge in [0.15, 0.2) is 0 Å². The van der Waals surface area contributed by atoms with Gasteiger partial charge in [-0.15, -0.1) is 11.3 Å². The Labute approximate surface area is 122 Å². The number of thiazole rings is 1. The summed E-state index contributed by atoms with van der Waals surface area (Å²) >= 11 is 1.84. The van der Waals surface area contributed by atoms with E-state index in [2.05, 4.69) is 45.3 Å². The highest BCUT2D eigenvalue weighted by Crippen LogP contribution is 2.35. The molecule has 1 aliphatic carbocycles. The van der Waals surface area contributed by atoms with E-state index in [-0.39, 0.29) is 5.41 Å². The molecule has 0 aromatic carbocycles. The molecule has 1 N–H and O–H groups in total. The van der Waals surface area contributed by atoms with Crippen molar-refractivity contribution < 1.29 is 0 Å². The second-order valence-corrected chi connectivity index (χ2v) is 7.71. The first-order chi connectivity index (χ1) is 8.95. The van der Waals surface area contributed by atoms with Gasteiger partial charge in [0.05, 0.1) is 11.7 Å². The SMILES string of the molecule is CCC(CC)C(NC1CC1)c1nc(C(C)(C)C)cs1. The zero-order valence-corrected chi connectivity index (χ0v) is 13.8. The number of hydrogen-bond donors (Lipinski definition) is 1. The minimum atomic E-state index is 0.160. The van der Waals surface area contributed by atoms with Crippen LogP contribution in [0.2, 0.25) is 0 Å². The highest BCUT2D eigenvalue weighted by Gasteiger charge is 2.31. The number of nitrogens with zero attached hydrogens (tertiary/aromatic N) is 1. The van der Waals surface area contributed by atoms with Crippen LogP contribution in [-0.2, 0) is 5.41 Å². The summed E-state index contributed by atoms with van der Waals surface area (Å²) < 4.78 is 0. The maximum Gasteiger partial charge on any atom is 0.110 e. The Balaban J connectivity index is 2.19. The Hall–Kier alpha value is -0.410. The molecule has 0 saturated heterocycles. The molecule has 1 aromatic heterocycles. The summed E-state index contributed by atoms with van der Waals surface area (Å²) in [5.41, 5.74) is 1.40. The summed E-state index contributed by atoms with van der Waals surface area (Å²) in [6.45, 7) is 11.3. The molecule has 1 unspecified atom stereocenters. The second-order valence-electron chi connectivity index (χ2n) is 6.82. The number of hydrogen-bond acceptors (Lipinski definition) is 3. The van der Waals surface area contributed by atoms with Crippen LogP contribution in [0.3, 0.4) is 0 Å². The molecule has 2 nitrogen and oxygen atoms in total. The first-order valence-corrected chi connectivity index (χ1v) is 8.55. The smallest absolute Gasteiger partial charge is 0.110 e.